The summed E-state index contributed by atoms with van der Waals surface area (Å²) in [6, 6.07) is 14.2. The molecule has 2 aromatic carbocycles. The molecule has 0 aromatic heterocycles. The summed E-state index contributed by atoms with van der Waals surface area (Å²) in [4.78, 5) is 0. The monoisotopic (exact) mass is 351 g/mol. The summed E-state index contributed by atoms with van der Waals surface area (Å²) < 4.78 is 14.3. The van der Waals surface area contributed by atoms with Gasteiger partial charge in [-0.15, -0.1) is 0 Å². The fourth-order valence-corrected chi connectivity index (χ4v) is 3.03. The molecule has 0 spiro atoms. The van der Waals surface area contributed by atoms with E-state index >= 15 is 0 Å². The van der Waals surface area contributed by atoms with Crippen molar-refractivity contribution in [2.24, 2.45) is 5.73 Å². The Labute approximate surface area is 132 Å². The van der Waals surface area contributed by atoms with Gasteiger partial charge in [-0.25, -0.2) is 4.39 Å². The fraction of sp³-hybridized carbons (Fsp3) is 0.294. The molecule has 0 radical (unpaired) electrons. The summed E-state index contributed by atoms with van der Waals surface area (Å²) in [6.07, 6.45) is -0.191. The molecule has 0 saturated carbocycles. The number of aliphatic hydroxyl groups is 1. The lowest BCUT2D eigenvalue weighted by molar-refractivity contribution is 0.0999. The Hall–Kier alpha value is -1.23. The average Bonchev–Trinajstić information content (AvgIpc) is 2.49. The molecule has 0 saturated heterocycles. The zero-order chi connectivity index (χ0) is 15.5. The van der Waals surface area contributed by atoms with Gasteiger partial charge in [-0.05, 0) is 42.7 Å². The highest BCUT2D eigenvalue weighted by Crippen LogP contribution is 2.34. The van der Waals surface area contributed by atoms with Crippen LogP contribution in [0.1, 0.15) is 18.1 Å². The first kappa shape index (κ1) is 16.1. The van der Waals surface area contributed by atoms with Gasteiger partial charge in [0.05, 0.1) is 6.10 Å². The van der Waals surface area contributed by atoms with E-state index in [1.54, 1.807) is 13.0 Å². The predicted molar refractivity (Wildman–Crippen MR) is 86.7 cm³/mol. The summed E-state index contributed by atoms with van der Waals surface area (Å²) in [7, 11) is 0. The minimum absolute atomic E-state index is 0.275. The van der Waals surface area contributed by atoms with Crippen molar-refractivity contribution >= 4 is 15.9 Å². The standard InChI is InChI=1S/C17H19BrFNO/c1-12(21)17(11-20,14-5-3-2-4-6-14)10-13-9-15(19)7-8-16(13)18/h2-9,12,21H,10-11,20H2,1H3. The summed E-state index contributed by atoms with van der Waals surface area (Å²) in [5, 5.41) is 10.3. The molecule has 0 aliphatic rings. The lowest BCUT2D eigenvalue weighted by atomic mass is 9.72. The van der Waals surface area contributed by atoms with Crippen LogP contribution < -0.4 is 5.73 Å². The number of benzene rings is 2. The largest absolute Gasteiger partial charge is 0.392 e. The molecular weight excluding hydrogens is 333 g/mol. The first-order valence-electron chi connectivity index (χ1n) is 6.87. The number of halogens is 2. The van der Waals surface area contributed by atoms with E-state index in [9.17, 15) is 9.50 Å². The lowest BCUT2D eigenvalue weighted by Gasteiger charge is -2.36. The van der Waals surface area contributed by atoms with Crippen molar-refractivity contribution in [3.63, 3.8) is 0 Å². The molecule has 2 nitrogen and oxygen atoms in total. The van der Waals surface area contributed by atoms with E-state index in [1.807, 2.05) is 30.3 Å². The molecule has 0 fully saturated rings. The maximum absolute atomic E-state index is 13.5. The quantitative estimate of drug-likeness (QED) is 0.866. The summed E-state index contributed by atoms with van der Waals surface area (Å²) in [5.41, 5.74) is 7.12. The Kier molecular flexibility index (Phi) is 5.14. The van der Waals surface area contributed by atoms with Crippen molar-refractivity contribution in [3.8, 4) is 0 Å². The summed E-state index contributed by atoms with van der Waals surface area (Å²) >= 11 is 3.44. The molecule has 2 aromatic rings. The van der Waals surface area contributed by atoms with Gasteiger partial charge in [-0.2, -0.15) is 0 Å². The molecular formula is C17H19BrFNO. The van der Waals surface area contributed by atoms with Crippen LogP contribution in [0.2, 0.25) is 0 Å². The van der Waals surface area contributed by atoms with Crippen LogP contribution >= 0.6 is 15.9 Å². The molecule has 0 aliphatic carbocycles. The first-order chi connectivity index (χ1) is 9.99. The molecule has 21 heavy (non-hydrogen) atoms. The van der Waals surface area contributed by atoms with E-state index < -0.39 is 11.5 Å². The van der Waals surface area contributed by atoms with Crippen LogP contribution in [0.4, 0.5) is 4.39 Å². The number of rotatable bonds is 5. The molecule has 4 heteroatoms. The van der Waals surface area contributed by atoms with Gasteiger partial charge in [0.1, 0.15) is 5.82 Å². The molecule has 112 valence electrons. The molecule has 0 aliphatic heterocycles. The van der Waals surface area contributed by atoms with E-state index in [0.29, 0.717) is 6.42 Å². The van der Waals surface area contributed by atoms with E-state index in [2.05, 4.69) is 15.9 Å². The highest BCUT2D eigenvalue weighted by molar-refractivity contribution is 9.10. The average molecular weight is 352 g/mol. The maximum Gasteiger partial charge on any atom is 0.123 e. The van der Waals surface area contributed by atoms with Crippen molar-refractivity contribution in [1.29, 1.82) is 0 Å². The van der Waals surface area contributed by atoms with E-state index in [0.717, 1.165) is 15.6 Å². The Morgan fingerprint density at radius 2 is 1.90 bits per heavy atom. The third kappa shape index (κ3) is 3.34. The van der Waals surface area contributed by atoms with Crippen molar-refractivity contribution in [2.45, 2.75) is 24.9 Å². The van der Waals surface area contributed by atoms with Gasteiger partial charge >= 0.3 is 0 Å². The van der Waals surface area contributed by atoms with Gasteiger partial charge in [-0.3, -0.25) is 0 Å². The van der Waals surface area contributed by atoms with Crippen LogP contribution in [-0.2, 0) is 11.8 Å². The molecule has 2 atom stereocenters. The second-order valence-corrected chi connectivity index (χ2v) is 6.17. The van der Waals surface area contributed by atoms with Crippen LogP contribution in [-0.4, -0.2) is 17.8 Å². The smallest absolute Gasteiger partial charge is 0.123 e. The second-order valence-electron chi connectivity index (χ2n) is 5.31. The number of hydrogen-bond donors (Lipinski definition) is 2. The van der Waals surface area contributed by atoms with Crippen LogP contribution in [0, 0.1) is 5.82 Å². The Morgan fingerprint density at radius 3 is 2.48 bits per heavy atom. The minimum atomic E-state index is -0.653. The normalized spacial score (nSPS) is 15.5. The van der Waals surface area contributed by atoms with E-state index in [4.69, 9.17) is 5.73 Å². The van der Waals surface area contributed by atoms with Gasteiger partial charge in [0.2, 0.25) is 0 Å². The van der Waals surface area contributed by atoms with Gasteiger partial charge in [0.15, 0.2) is 0 Å². The molecule has 0 heterocycles. The topological polar surface area (TPSA) is 46.2 Å². The SMILES string of the molecule is CC(O)C(CN)(Cc1cc(F)ccc1Br)c1ccccc1. The predicted octanol–water partition coefficient (Wildman–Crippen LogP) is 3.41. The number of hydrogen-bond acceptors (Lipinski definition) is 2. The summed E-state index contributed by atoms with van der Waals surface area (Å²) in [5.74, 6) is -0.294. The van der Waals surface area contributed by atoms with E-state index in [1.165, 1.54) is 12.1 Å². The summed E-state index contributed by atoms with van der Waals surface area (Å²) in [6.45, 7) is 2.00. The molecule has 0 bridgehead atoms. The zero-order valence-electron chi connectivity index (χ0n) is 11.9. The maximum atomic E-state index is 13.5. The van der Waals surface area contributed by atoms with Crippen LogP contribution in [0.5, 0.6) is 0 Å². The molecule has 3 N–H and O–H groups in total. The minimum Gasteiger partial charge on any atom is -0.392 e. The van der Waals surface area contributed by atoms with Crippen molar-refractivity contribution in [1.82, 2.24) is 0 Å². The third-order valence-corrected chi connectivity index (χ3v) is 4.80. The molecule has 2 unspecified atom stereocenters. The second kappa shape index (κ2) is 6.69. The molecule has 2 rings (SSSR count). The van der Waals surface area contributed by atoms with Crippen molar-refractivity contribution in [2.75, 3.05) is 6.54 Å². The fourth-order valence-electron chi connectivity index (χ4n) is 2.64. The van der Waals surface area contributed by atoms with Crippen LogP contribution in [0.15, 0.2) is 53.0 Å². The van der Waals surface area contributed by atoms with Crippen molar-refractivity contribution in [3.05, 3.63) is 69.9 Å². The highest BCUT2D eigenvalue weighted by Gasteiger charge is 2.36. The lowest BCUT2D eigenvalue weighted by Crippen LogP contribution is -2.46. The van der Waals surface area contributed by atoms with Crippen molar-refractivity contribution < 1.29 is 9.50 Å². The Bertz CT molecular complexity index is 603. The van der Waals surface area contributed by atoms with Crippen LogP contribution in [0.25, 0.3) is 0 Å². The van der Waals surface area contributed by atoms with Gasteiger partial charge in [0, 0.05) is 16.4 Å². The van der Waals surface area contributed by atoms with Gasteiger partial charge in [-0.1, -0.05) is 46.3 Å². The third-order valence-electron chi connectivity index (χ3n) is 4.03. The molecule has 0 amide bonds. The Morgan fingerprint density at radius 1 is 1.24 bits per heavy atom. The van der Waals surface area contributed by atoms with Gasteiger partial charge in [0.25, 0.3) is 0 Å². The van der Waals surface area contributed by atoms with Crippen LogP contribution in [0.3, 0.4) is 0 Å². The number of nitrogens with two attached hydrogens (primary N) is 1. The van der Waals surface area contributed by atoms with E-state index in [-0.39, 0.29) is 12.4 Å². The first-order valence-corrected chi connectivity index (χ1v) is 7.66. The number of aliphatic hydroxyl groups excluding tert-OH is 1. The Balaban J connectivity index is 2.49. The highest BCUT2D eigenvalue weighted by atomic mass is 79.9. The van der Waals surface area contributed by atoms with Gasteiger partial charge < -0.3 is 10.8 Å². The zero-order valence-corrected chi connectivity index (χ0v) is 13.5.